The van der Waals surface area contributed by atoms with Gasteiger partial charge in [-0.15, -0.1) is 11.6 Å². The van der Waals surface area contributed by atoms with Crippen LogP contribution < -0.4 is 4.74 Å². The Hall–Kier alpha value is -0.800. The average Bonchev–Trinajstić information content (AvgIpc) is 2.38. The number of hydrogen-bond donors (Lipinski definition) is 0. The van der Waals surface area contributed by atoms with E-state index in [-0.39, 0.29) is 5.38 Å². The molecule has 1 aromatic rings. The Balaban J connectivity index is 2.05. The van der Waals surface area contributed by atoms with Crippen LogP contribution in [-0.4, -0.2) is 35.5 Å². The minimum Gasteiger partial charge on any atom is -0.497 e. The normalized spacial score (nSPS) is 23.6. The standard InChI is InChI=1S/C15H23ClN2O/c1-11-8-13(19-3)9-12(17-11)10-18(2)15-7-5-4-6-14(15)16/h8-9,14-15H,4-7,10H2,1-3H3. The van der Waals surface area contributed by atoms with Crippen LogP contribution in [0.25, 0.3) is 0 Å². The number of aryl methyl sites for hydroxylation is 1. The number of halogens is 1. The minimum atomic E-state index is 0.269. The summed E-state index contributed by atoms with van der Waals surface area (Å²) in [5.74, 6) is 0.877. The Bertz CT molecular complexity index is 425. The number of nitrogens with zero attached hydrogens (tertiary/aromatic N) is 2. The molecular formula is C15H23ClN2O. The topological polar surface area (TPSA) is 25.4 Å². The van der Waals surface area contributed by atoms with Crippen LogP contribution in [0, 0.1) is 6.92 Å². The van der Waals surface area contributed by atoms with Gasteiger partial charge in [-0.05, 0) is 26.8 Å². The Morgan fingerprint density at radius 3 is 2.79 bits per heavy atom. The van der Waals surface area contributed by atoms with Gasteiger partial charge in [0.2, 0.25) is 0 Å². The first-order valence-corrected chi connectivity index (χ1v) is 7.39. The fourth-order valence-corrected chi connectivity index (χ4v) is 3.31. The summed E-state index contributed by atoms with van der Waals surface area (Å²) in [5.41, 5.74) is 2.04. The van der Waals surface area contributed by atoms with Crippen molar-refractivity contribution < 1.29 is 4.74 Å². The van der Waals surface area contributed by atoms with Gasteiger partial charge in [-0.3, -0.25) is 9.88 Å². The second-order valence-electron chi connectivity index (χ2n) is 5.42. The molecule has 1 saturated carbocycles. The first kappa shape index (κ1) is 14.6. The molecule has 0 radical (unpaired) electrons. The zero-order valence-electron chi connectivity index (χ0n) is 12.0. The van der Waals surface area contributed by atoms with Crippen LogP contribution in [0.3, 0.4) is 0 Å². The van der Waals surface area contributed by atoms with Gasteiger partial charge in [0.15, 0.2) is 0 Å². The second-order valence-corrected chi connectivity index (χ2v) is 5.98. The van der Waals surface area contributed by atoms with E-state index in [9.17, 15) is 0 Å². The number of aromatic nitrogens is 1. The number of alkyl halides is 1. The maximum Gasteiger partial charge on any atom is 0.122 e. The number of methoxy groups -OCH3 is 1. The Morgan fingerprint density at radius 2 is 2.11 bits per heavy atom. The minimum absolute atomic E-state index is 0.269. The highest BCUT2D eigenvalue weighted by Gasteiger charge is 2.26. The van der Waals surface area contributed by atoms with Crippen molar-refractivity contribution in [2.75, 3.05) is 14.2 Å². The third-order valence-corrected chi connectivity index (χ3v) is 4.35. The molecule has 2 atom stereocenters. The Kier molecular flexibility index (Phi) is 5.06. The van der Waals surface area contributed by atoms with Crippen molar-refractivity contribution in [3.63, 3.8) is 0 Å². The Labute approximate surface area is 120 Å². The van der Waals surface area contributed by atoms with Gasteiger partial charge in [-0.2, -0.15) is 0 Å². The maximum atomic E-state index is 6.45. The summed E-state index contributed by atoms with van der Waals surface area (Å²) in [4.78, 5) is 6.91. The van der Waals surface area contributed by atoms with Crippen molar-refractivity contribution >= 4 is 11.6 Å². The van der Waals surface area contributed by atoms with E-state index in [0.717, 1.165) is 30.1 Å². The first-order valence-electron chi connectivity index (χ1n) is 6.96. The zero-order valence-corrected chi connectivity index (χ0v) is 12.8. The molecule has 0 aliphatic heterocycles. The van der Waals surface area contributed by atoms with Gasteiger partial charge in [0.05, 0.1) is 12.8 Å². The molecule has 0 amide bonds. The molecule has 1 aliphatic rings. The predicted octanol–water partition coefficient (Wildman–Crippen LogP) is 3.38. The van der Waals surface area contributed by atoms with E-state index < -0.39 is 0 Å². The summed E-state index contributed by atoms with van der Waals surface area (Å²) in [6, 6.07) is 4.42. The van der Waals surface area contributed by atoms with E-state index >= 15 is 0 Å². The molecular weight excluding hydrogens is 260 g/mol. The molecule has 2 rings (SSSR count). The van der Waals surface area contributed by atoms with Crippen LogP contribution in [0.5, 0.6) is 5.75 Å². The van der Waals surface area contributed by atoms with Gasteiger partial charge in [0, 0.05) is 35.8 Å². The van der Waals surface area contributed by atoms with Crippen LogP contribution in [0.4, 0.5) is 0 Å². The van der Waals surface area contributed by atoms with E-state index in [1.807, 2.05) is 19.1 Å². The molecule has 19 heavy (non-hydrogen) atoms. The number of ether oxygens (including phenoxy) is 1. The zero-order chi connectivity index (χ0) is 13.8. The van der Waals surface area contributed by atoms with E-state index in [4.69, 9.17) is 16.3 Å². The summed E-state index contributed by atoms with van der Waals surface area (Å²) in [6.45, 7) is 2.82. The summed E-state index contributed by atoms with van der Waals surface area (Å²) in [7, 11) is 3.83. The monoisotopic (exact) mass is 282 g/mol. The summed E-state index contributed by atoms with van der Waals surface area (Å²) >= 11 is 6.45. The van der Waals surface area contributed by atoms with Crippen molar-refractivity contribution in [2.24, 2.45) is 0 Å². The fraction of sp³-hybridized carbons (Fsp3) is 0.667. The lowest BCUT2D eigenvalue weighted by atomic mass is 9.94. The van der Waals surface area contributed by atoms with Crippen LogP contribution in [0.1, 0.15) is 37.1 Å². The number of hydrogen-bond acceptors (Lipinski definition) is 3. The molecule has 0 N–H and O–H groups in total. The predicted molar refractivity (Wildman–Crippen MR) is 78.9 cm³/mol. The van der Waals surface area contributed by atoms with Crippen LogP contribution in [0.15, 0.2) is 12.1 Å². The van der Waals surface area contributed by atoms with Gasteiger partial charge in [-0.1, -0.05) is 12.8 Å². The second kappa shape index (κ2) is 6.58. The van der Waals surface area contributed by atoms with Crippen molar-refractivity contribution in [1.29, 1.82) is 0 Å². The van der Waals surface area contributed by atoms with Crippen LogP contribution in [-0.2, 0) is 6.54 Å². The molecule has 0 saturated heterocycles. The fourth-order valence-electron chi connectivity index (χ4n) is 2.84. The molecule has 106 valence electrons. The van der Waals surface area contributed by atoms with Crippen LogP contribution >= 0.6 is 11.6 Å². The molecule has 0 aromatic carbocycles. The highest BCUT2D eigenvalue weighted by atomic mass is 35.5. The van der Waals surface area contributed by atoms with Gasteiger partial charge in [-0.25, -0.2) is 0 Å². The van der Waals surface area contributed by atoms with Crippen molar-refractivity contribution in [3.8, 4) is 5.75 Å². The molecule has 0 spiro atoms. The van der Waals surface area contributed by atoms with E-state index in [1.54, 1.807) is 7.11 Å². The first-order chi connectivity index (χ1) is 9.10. The van der Waals surface area contributed by atoms with Gasteiger partial charge < -0.3 is 4.74 Å². The summed E-state index contributed by atoms with van der Waals surface area (Å²) < 4.78 is 5.30. The summed E-state index contributed by atoms with van der Waals surface area (Å²) in [5, 5.41) is 0.269. The molecule has 0 bridgehead atoms. The molecule has 1 fully saturated rings. The van der Waals surface area contributed by atoms with Crippen molar-refractivity contribution in [3.05, 3.63) is 23.5 Å². The SMILES string of the molecule is COc1cc(C)nc(CN(C)C2CCCCC2Cl)c1. The highest BCUT2D eigenvalue weighted by molar-refractivity contribution is 6.21. The lowest BCUT2D eigenvalue weighted by Crippen LogP contribution is -2.40. The lowest BCUT2D eigenvalue weighted by molar-refractivity contribution is 0.186. The van der Waals surface area contributed by atoms with E-state index in [1.165, 1.54) is 19.3 Å². The lowest BCUT2D eigenvalue weighted by Gasteiger charge is -2.34. The third-order valence-electron chi connectivity index (χ3n) is 3.84. The maximum absolute atomic E-state index is 6.45. The van der Waals surface area contributed by atoms with Gasteiger partial charge in [0.25, 0.3) is 0 Å². The van der Waals surface area contributed by atoms with Crippen molar-refractivity contribution in [2.45, 2.75) is 50.6 Å². The number of pyridine rings is 1. The molecule has 2 unspecified atom stereocenters. The Morgan fingerprint density at radius 1 is 1.37 bits per heavy atom. The third kappa shape index (κ3) is 3.83. The summed E-state index contributed by atoms with van der Waals surface area (Å²) in [6.07, 6.45) is 4.85. The molecule has 4 heteroatoms. The van der Waals surface area contributed by atoms with Gasteiger partial charge in [0.1, 0.15) is 5.75 Å². The number of rotatable bonds is 4. The largest absolute Gasteiger partial charge is 0.497 e. The van der Waals surface area contributed by atoms with E-state index in [0.29, 0.717) is 6.04 Å². The highest BCUT2D eigenvalue weighted by Crippen LogP contribution is 2.27. The average molecular weight is 283 g/mol. The van der Waals surface area contributed by atoms with Crippen LogP contribution in [0.2, 0.25) is 0 Å². The molecule has 1 heterocycles. The smallest absolute Gasteiger partial charge is 0.122 e. The quantitative estimate of drug-likeness (QED) is 0.792. The van der Waals surface area contributed by atoms with Gasteiger partial charge >= 0.3 is 0 Å². The molecule has 3 nitrogen and oxygen atoms in total. The van der Waals surface area contributed by atoms with E-state index in [2.05, 4.69) is 16.9 Å². The molecule has 1 aliphatic carbocycles. The van der Waals surface area contributed by atoms with Crippen molar-refractivity contribution in [1.82, 2.24) is 9.88 Å². The molecule has 1 aromatic heterocycles.